The Hall–Kier alpha value is -1.71. The Morgan fingerprint density at radius 2 is 1.89 bits per heavy atom. The molecule has 4 heteroatoms. The molecule has 0 heterocycles. The fraction of sp³-hybridized carbons (Fsp3) is 0.500. The Balaban J connectivity index is 2.73. The van der Waals surface area contributed by atoms with Gasteiger partial charge >= 0.3 is 5.97 Å². The van der Waals surface area contributed by atoms with Crippen LogP contribution >= 0.6 is 0 Å². The minimum absolute atomic E-state index is 0.136. The lowest BCUT2D eigenvalue weighted by Gasteiger charge is -2.18. The summed E-state index contributed by atoms with van der Waals surface area (Å²) in [6.07, 6.45) is 0.805. The maximum atomic E-state index is 11.9. The molecule has 4 nitrogen and oxygen atoms in total. The van der Waals surface area contributed by atoms with Crippen LogP contribution in [-0.2, 0) is 4.74 Å². The summed E-state index contributed by atoms with van der Waals surface area (Å²) in [5, 5.41) is 0. The zero-order valence-electron chi connectivity index (χ0n) is 11.5. The number of hydrogen-bond donors (Lipinski definition) is 2. The van der Waals surface area contributed by atoms with Crippen molar-refractivity contribution in [2.75, 3.05) is 18.1 Å². The summed E-state index contributed by atoms with van der Waals surface area (Å²) in [5.74, 6) is -0.410. The third-order valence-electron chi connectivity index (χ3n) is 2.66. The van der Waals surface area contributed by atoms with Gasteiger partial charge in [-0.05, 0) is 36.5 Å². The number of rotatable bonds is 3. The lowest BCUT2D eigenvalue weighted by atomic mass is 9.93. The van der Waals surface area contributed by atoms with Crippen molar-refractivity contribution in [1.29, 1.82) is 0 Å². The van der Waals surface area contributed by atoms with Gasteiger partial charge in [-0.3, -0.25) is 0 Å². The fourth-order valence-corrected chi connectivity index (χ4v) is 1.52. The zero-order chi connectivity index (χ0) is 13.9. The van der Waals surface area contributed by atoms with Gasteiger partial charge in [0.2, 0.25) is 0 Å². The molecule has 4 N–H and O–H groups in total. The minimum Gasteiger partial charge on any atom is -0.462 e. The van der Waals surface area contributed by atoms with E-state index in [0.717, 1.165) is 12.0 Å². The molecular formula is C14H22N2O2. The quantitative estimate of drug-likeness (QED) is 0.638. The van der Waals surface area contributed by atoms with Crippen LogP contribution in [0.15, 0.2) is 12.1 Å². The van der Waals surface area contributed by atoms with Gasteiger partial charge in [0.25, 0.3) is 0 Å². The highest BCUT2D eigenvalue weighted by Crippen LogP contribution is 2.24. The standard InChI is InChI=1S/C14H22N2O2/c1-9-7-10(12(16)11(15)8-9)13(17)18-6-5-14(2,3)4/h7-8H,5-6,15-16H2,1-4H3. The first-order valence-electron chi connectivity index (χ1n) is 6.03. The Bertz CT molecular complexity index is 448. The molecule has 1 aromatic rings. The number of carbonyl (C=O) groups is 1. The van der Waals surface area contributed by atoms with E-state index in [2.05, 4.69) is 20.8 Å². The van der Waals surface area contributed by atoms with Crippen molar-refractivity contribution in [2.45, 2.75) is 34.1 Å². The van der Waals surface area contributed by atoms with Crippen molar-refractivity contribution in [3.63, 3.8) is 0 Å². The van der Waals surface area contributed by atoms with Crippen LogP contribution in [-0.4, -0.2) is 12.6 Å². The molecule has 0 aliphatic carbocycles. The number of benzene rings is 1. The van der Waals surface area contributed by atoms with E-state index in [1.165, 1.54) is 0 Å². The molecule has 0 saturated carbocycles. The number of esters is 1. The van der Waals surface area contributed by atoms with Gasteiger partial charge in [0.15, 0.2) is 0 Å². The van der Waals surface area contributed by atoms with Gasteiger partial charge in [-0.1, -0.05) is 20.8 Å². The summed E-state index contributed by atoms with van der Waals surface area (Å²) < 4.78 is 5.22. The molecule has 1 rings (SSSR count). The van der Waals surface area contributed by atoms with Crippen molar-refractivity contribution >= 4 is 17.3 Å². The van der Waals surface area contributed by atoms with E-state index < -0.39 is 5.97 Å². The van der Waals surface area contributed by atoms with Gasteiger partial charge in [0.1, 0.15) is 0 Å². The number of nitrogen functional groups attached to an aromatic ring is 2. The van der Waals surface area contributed by atoms with E-state index in [1.807, 2.05) is 6.92 Å². The highest BCUT2D eigenvalue weighted by atomic mass is 16.5. The van der Waals surface area contributed by atoms with E-state index in [9.17, 15) is 4.79 Å². The Labute approximate surface area is 108 Å². The number of carbonyl (C=O) groups excluding carboxylic acids is 1. The number of aryl methyl sites for hydroxylation is 1. The van der Waals surface area contributed by atoms with Crippen LogP contribution < -0.4 is 11.5 Å². The largest absolute Gasteiger partial charge is 0.462 e. The molecule has 0 fully saturated rings. The number of hydrogen-bond acceptors (Lipinski definition) is 4. The average molecular weight is 250 g/mol. The van der Waals surface area contributed by atoms with Gasteiger partial charge in [-0.2, -0.15) is 0 Å². The molecule has 100 valence electrons. The fourth-order valence-electron chi connectivity index (χ4n) is 1.52. The molecule has 0 amide bonds. The minimum atomic E-state index is -0.410. The first-order valence-corrected chi connectivity index (χ1v) is 6.03. The molecule has 0 unspecified atom stereocenters. The molecule has 0 aliphatic heterocycles. The zero-order valence-corrected chi connectivity index (χ0v) is 11.5. The van der Waals surface area contributed by atoms with Crippen LogP contribution in [0.5, 0.6) is 0 Å². The van der Waals surface area contributed by atoms with Crippen molar-refractivity contribution in [2.24, 2.45) is 5.41 Å². The first kappa shape index (κ1) is 14.4. The van der Waals surface area contributed by atoms with Gasteiger partial charge in [-0.25, -0.2) is 4.79 Å². The van der Waals surface area contributed by atoms with E-state index in [4.69, 9.17) is 16.2 Å². The number of ether oxygens (including phenoxy) is 1. The molecular weight excluding hydrogens is 228 g/mol. The molecule has 0 spiro atoms. The maximum Gasteiger partial charge on any atom is 0.340 e. The number of anilines is 2. The highest BCUT2D eigenvalue weighted by Gasteiger charge is 2.16. The van der Waals surface area contributed by atoms with Crippen molar-refractivity contribution in [3.8, 4) is 0 Å². The normalized spacial score (nSPS) is 11.3. The molecule has 0 aliphatic rings. The SMILES string of the molecule is Cc1cc(N)c(N)c(C(=O)OCCC(C)(C)C)c1. The lowest BCUT2D eigenvalue weighted by molar-refractivity contribution is 0.0466. The van der Waals surface area contributed by atoms with Crippen LogP contribution in [0.4, 0.5) is 11.4 Å². The van der Waals surface area contributed by atoms with Crippen molar-refractivity contribution in [3.05, 3.63) is 23.3 Å². The summed E-state index contributed by atoms with van der Waals surface area (Å²) in [7, 11) is 0. The summed E-state index contributed by atoms with van der Waals surface area (Å²) >= 11 is 0. The molecule has 0 atom stereocenters. The second-order valence-electron chi connectivity index (χ2n) is 5.76. The Kier molecular flexibility index (Phi) is 4.22. The van der Waals surface area contributed by atoms with Crippen molar-refractivity contribution < 1.29 is 9.53 Å². The summed E-state index contributed by atoms with van der Waals surface area (Å²) in [4.78, 5) is 11.9. The van der Waals surface area contributed by atoms with Gasteiger partial charge in [0, 0.05) is 0 Å². The Morgan fingerprint density at radius 3 is 2.44 bits per heavy atom. The molecule has 0 saturated heterocycles. The topological polar surface area (TPSA) is 78.3 Å². The highest BCUT2D eigenvalue weighted by molar-refractivity contribution is 5.98. The molecule has 1 aromatic carbocycles. The molecule has 0 aromatic heterocycles. The Morgan fingerprint density at radius 1 is 1.28 bits per heavy atom. The van der Waals surface area contributed by atoms with Gasteiger partial charge in [0.05, 0.1) is 23.5 Å². The van der Waals surface area contributed by atoms with Gasteiger partial charge in [-0.15, -0.1) is 0 Å². The monoisotopic (exact) mass is 250 g/mol. The van der Waals surface area contributed by atoms with Crippen molar-refractivity contribution in [1.82, 2.24) is 0 Å². The molecule has 0 radical (unpaired) electrons. The van der Waals surface area contributed by atoms with Crippen LogP contribution in [0.2, 0.25) is 0 Å². The predicted molar refractivity (Wildman–Crippen MR) is 74.4 cm³/mol. The average Bonchev–Trinajstić information content (AvgIpc) is 2.21. The summed E-state index contributed by atoms with van der Waals surface area (Å²) in [6.45, 7) is 8.54. The lowest BCUT2D eigenvalue weighted by Crippen LogP contribution is -2.15. The van der Waals surface area contributed by atoms with Gasteiger partial charge < -0.3 is 16.2 Å². The third kappa shape index (κ3) is 3.95. The molecule has 18 heavy (non-hydrogen) atoms. The number of nitrogens with two attached hydrogens (primary N) is 2. The molecule has 0 bridgehead atoms. The van der Waals surface area contributed by atoms with Crippen LogP contribution in [0.3, 0.4) is 0 Å². The van der Waals surface area contributed by atoms with E-state index in [-0.39, 0.29) is 5.41 Å². The first-order chi connectivity index (χ1) is 8.20. The second kappa shape index (κ2) is 5.29. The van der Waals surface area contributed by atoms with Crippen LogP contribution in [0.25, 0.3) is 0 Å². The summed E-state index contributed by atoms with van der Waals surface area (Å²) in [6, 6.07) is 3.44. The van der Waals surface area contributed by atoms with E-state index in [0.29, 0.717) is 23.5 Å². The second-order valence-corrected chi connectivity index (χ2v) is 5.76. The van der Waals surface area contributed by atoms with E-state index >= 15 is 0 Å². The predicted octanol–water partition coefficient (Wildman–Crippen LogP) is 2.75. The van der Waals surface area contributed by atoms with Crippen LogP contribution in [0.1, 0.15) is 43.1 Å². The third-order valence-corrected chi connectivity index (χ3v) is 2.66. The smallest absolute Gasteiger partial charge is 0.340 e. The van der Waals surface area contributed by atoms with Crippen LogP contribution in [0, 0.1) is 12.3 Å². The maximum absolute atomic E-state index is 11.9. The van der Waals surface area contributed by atoms with E-state index in [1.54, 1.807) is 12.1 Å². The summed E-state index contributed by atoms with van der Waals surface area (Å²) in [5.41, 5.74) is 13.6.